The lowest BCUT2D eigenvalue weighted by Gasteiger charge is -2.35. The summed E-state index contributed by atoms with van der Waals surface area (Å²) >= 11 is 0. The Morgan fingerprint density at radius 2 is 1.05 bits per heavy atom. The van der Waals surface area contributed by atoms with E-state index in [9.17, 15) is 0 Å². The van der Waals surface area contributed by atoms with Crippen molar-refractivity contribution >= 4 is 72.6 Å². The summed E-state index contributed by atoms with van der Waals surface area (Å²) in [4.78, 5) is 7.51. The van der Waals surface area contributed by atoms with Gasteiger partial charge >= 0.3 is 0 Å². The van der Waals surface area contributed by atoms with E-state index in [1.54, 1.807) is 0 Å². The van der Waals surface area contributed by atoms with E-state index in [2.05, 4.69) is 157 Å². The van der Waals surface area contributed by atoms with Crippen molar-refractivity contribution in [3.05, 3.63) is 188 Å². The maximum absolute atomic E-state index is 6.62. The van der Waals surface area contributed by atoms with E-state index in [0.29, 0.717) is 0 Å². The molecule has 4 nitrogen and oxygen atoms in total. The highest BCUT2D eigenvalue weighted by Gasteiger charge is 2.37. The van der Waals surface area contributed by atoms with Gasteiger partial charge in [0.1, 0.15) is 11.5 Å². The summed E-state index contributed by atoms with van der Waals surface area (Å²) in [6, 6.07) is 64.5. The molecule has 56 heavy (non-hydrogen) atoms. The Balaban J connectivity index is 1.15. The summed E-state index contributed by atoms with van der Waals surface area (Å²) in [5, 5.41) is 5.95. The molecule has 2 aliphatic rings. The normalized spacial score (nSPS) is 12.7. The standard InChI is InChI=1S/C51H31BN2O2/c1-2-15-32(16-3-1)44-29-30-45(55-44)38-31-53-41-24-14-23-40-49(41)48(38)37-21-8-9-22-39(37)52(40)50-33-17-4-6-19-35(33)51(36-20-7-5-18-34(36)50)54-42-25-10-12-27-46(42)56-47-28-13-11-26-43(47)54/h1-31H. The average Bonchev–Trinajstić information content (AvgIpc) is 3.76. The van der Waals surface area contributed by atoms with Gasteiger partial charge in [-0.1, -0.05) is 156 Å². The molecule has 260 valence electrons. The molecule has 0 fully saturated rings. The monoisotopic (exact) mass is 714 g/mol. The first-order valence-electron chi connectivity index (χ1n) is 19.1. The lowest BCUT2D eigenvalue weighted by molar-refractivity contribution is 0.477. The highest BCUT2D eigenvalue weighted by molar-refractivity contribution is 7.01. The number of fused-ring (bicyclic) bond motifs is 6. The second kappa shape index (κ2) is 12.1. The van der Waals surface area contributed by atoms with E-state index in [1.807, 2.05) is 36.5 Å². The highest BCUT2D eigenvalue weighted by atomic mass is 16.5. The van der Waals surface area contributed by atoms with Crippen molar-refractivity contribution in [3.8, 4) is 45.3 Å². The number of rotatable bonds is 4. The van der Waals surface area contributed by atoms with Gasteiger partial charge < -0.3 is 14.1 Å². The van der Waals surface area contributed by atoms with Gasteiger partial charge in [-0.2, -0.15) is 0 Å². The highest BCUT2D eigenvalue weighted by Crippen LogP contribution is 2.53. The smallest absolute Gasteiger partial charge is 0.244 e. The van der Waals surface area contributed by atoms with Gasteiger partial charge in [-0.15, -0.1) is 0 Å². The number of nitrogens with zero attached hydrogens (tertiary/aromatic N) is 2. The van der Waals surface area contributed by atoms with Crippen molar-refractivity contribution in [3.63, 3.8) is 0 Å². The van der Waals surface area contributed by atoms with Crippen molar-refractivity contribution in [2.75, 3.05) is 4.90 Å². The Morgan fingerprint density at radius 1 is 0.464 bits per heavy atom. The zero-order chi connectivity index (χ0) is 36.7. The fourth-order valence-corrected chi connectivity index (χ4v) is 9.31. The summed E-state index contributed by atoms with van der Waals surface area (Å²) in [6.45, 7) is -0.0657. The number of hydrogen-bond acceptors (Lipinski definition) is 4. The molecular formula is C51H31BN2O2. The molecule has 5 heteroatoms. The van der Waals surface area contributed by atoms with E-state index in [0.717, 1.165) is 62.3 Å². The lowest BCUT2D eigenvalue weighted by atomic mass is 9.33. The number of benzene rings is 8. The van der Waals surface area contributed by atoms with Gasteiger partial charge in [-0.25, -0.2) is 0 Å². The second-order valence-electron chi connectivity index (χ2n) is 14.6. The number of furan rings is 1. The molecule has 4 heterocycles. The maximum Gasteiger partial charge on any atom is 0.244 e. The van der Waals surface area contributed by atoms with Gasteiger partial charge in [0.15, 0.2) is 11.5 Å². The predicted molar refractivity (Wildman–Crippen MR) is 231 cm³/mol. The third-order valence-electron chi connectivity index (χ3n) is 11.6. The van der Waals surface area contributed by atoms with Gasteiger partial charge in [0.25, 0.3) is 0 Å². The Kier molecular flexibility index (Phi) is 6.69. The molecule has 0 saturated heterocycles. The second-order valence-corrected chi connectivity index (χ2v) is 14.6. The van der Waals surface area contributed by atoms with Crippen LogP contribution in [0.3, 0.4) is 0 Å². The van der Waals surface area contributed by atoms with Crippen LogP contribution in [0.2, 0.25) is 0 Å². The van der Waals surface area contributed by atoms with Gasteiger partial charge in [-0.05, 0) is 58.8 Å². The van der Waals surface area contributed by atoms with Crippen LogP contribution < -0.4 is 26.0 Å². The van der Waals surface area contributed by atoms with Crippen molar-refractivity contribution < 1.29 is 9.15 Å². The number of aromatic nitrogens is 1. The van der Waals surface area contributed by atoms with Crippen LogP contribution in [-0.4, -0.2) is 11.7 Å². The molecule has 0 atom stereocenters. The fraction of sp³-hybridized carbons (Fsp3) is 0. The number of hydrogen-bond donors (Lipinski definition) is 0. The Bertz CT molecular complexity index is 3100. The first kappa shape index (κ1) is 31.0. The first-order chi connectivity index (χ1) is 27.8. The lowest BCUT2D eigenvalue weighted by Crippen LogP contribution is -2.55. The summed E-state index contributed by atoms with van der Waals surface area (Å²) in [7, 11) is 0. The van der Waals surface area contributed by atoms with Crippen LogP contribution in [0.25, 0.3) is 66.2 Å². The Hall–Kier alpha value is -7.37. The Labute approximate surface area is 324 Å². The third kappa shape index (κ3) is 4.46. The van der Waals surface area contributed by atoms with Crippen LogP contribution in [0.4, 0.5) is 17.1 Å². The van der Waals surface area contributed by atoms with E-state index in [4.69, 9.17) is 14.1 Å². The van der Waals surface area contributed by atoms with Gasteiger partial charge in [0.2, 0.25) is 6.71 Å². The van der Waals surface area contributed by atoms with Crippen LogP contribution in [0.5, 0.6) is 11.5 Å². The van der Waals surface area contributed by atoms with E-state index in [-0.39, 0.29) is 6.71 Å². The summed E-state index contributed by atoms with van der Waals surface area (Å²) in [5.74, 6) is 3.32. The molecule has 0 N–H and O–H groups in total. The number of para-hydroxylation sites is 4. The van der Waals surface area contributed by atoms with Crippen LogP contribution in [-0.2, 0) is 0 Å². The molecule has 0 amide bonds. The SMILES string of the molecule is c1ccc(-c2ccc(-c3cnc4cccc5c4c3-c3ccccc3B5c3c4ccccc4c(N4c5ccccc5Oc5ccccc54)c4ccccc34)o2)cc1. The topological polar surface area (TPSA) is 38.5 Å². The molecule has 0 radical (unpaired) electrons. The molecule has 0 bridgehead atoms. The summed E-state index contributed by atoms with van der Waals surface area (Å²) < 4.78 is 13.1. The Morgan fingerprint density at radius 3 is 1.79 bits per heavy atom. The van der Waals surface area contributed by atoms with Crippen molar-refractivity contribution in [2.45, 2.75) is 0 Å². The molecule has 8 aromatic carbocycles. The van der Waals surface area contributed by atoms with Gasteiger partial charge in [0, 0.05) is 39.0 Å². The molecule has 0 saturated carbocycles. The van der Waals surface area contributed by atoms with Crippen LogP contribution in [0.15, 0.2) is 193 Å². The van der Waals surface area contributed by atoms with Crippen molar-refractivity contribution in [1.82, 2.24) is 4.98 Å². The first-order valence-corrected chi connectivity index (χ1v) is 19.1. The molecule has 10 aromatic rings. The summed E-state index contributed by atoms with van der Waals surface area (Å²) in [6.07, 6.45) is 1.99. The van der Waals surface area contributed by atoms with E-state index in [1.165, 1.54) is 48.9 Å². The quantitative estimate of drug-likeness (QED) is 0.134. The molecule has 0 aliphatic carbocycles. The zero-order valence-corrected chi connectivity index (χ0v) is 30.2. The molecule has 0 unspecified atom stereocenters. The zero-order valence-electron chi connectivity index (χ0n) is 30.2. The van der Waals surface area contributed by atoms with Crippen LogP contribution in [0, 0.1) is 0 Å². The van der Waals surface area contributed by atoms with E-state index >= 15 is 0 Å². The van der Waals surface area contributed by atoms with Crippen molar-refractivity contribution in [2.24, 2.45) is 0 Å². The van der Waals surface area contributed by atoms with Crippen LogP contribution >= 0.6 is 0 Å². The molecule has 12 rings (SSSR count). The molecule has 2 aliphatic heterocycles. The summed E-state index contributed by atoms with van der Waals surface area (Å²) in [5.41, 5.74) is 12.3. The third-order valence-corrected chi connectivity index (χ3v) is 11.6. The van der Waals surface area contributed by atoms with E-state index < -0.39 is 0 Å². The number of anilines is 3. The minimum absolute atomic E-state index is 0.0657. The van der Waals surface area contributed by atoms with Crippen LogP contribution in [0.1, 0.15) is 0 Å². The number of ether oxygens (including phenoxy) is 1. The number of pyridine rings is 1. The average molecular weight is 715 g/mol. The minimum atomic E-state index is -0.0657. The molecule has 0 spiro atoms. The van der Waals surface area contributed by atoms with Crippen molar-refractivity contribution in [1.29, 1.82) is 0 Å². The van der Waals surface area contributed by atoms with Gasteiger partial charge in [-0.3, -0.25) is 4.98 Å². The minimum Gasteiger partial charge on any atom is -0.456 e. The predicted octanol–water partition coefficient (Wildman–Crippen LogP) is 11.5. The maximum atomic E-state index is 6.62. The van der Waals surface area contributed by atoms with Gasteiger partial charge in [0.05, 0.1) is 22.6 Å². The molecule has 2 aromatic heterocycles. The largest absolute Gasteiger partial charge is 0.456 e. The molecular weight excluding hydrogens is 683 g/mol. The fourth-order valence-electron chi connectivity index (χ4n) is 9.31.